The Morgan fingerprint density at radius 2 is 2.00 bits per heavy atom. The van der Waals surface area contributed by atoms with Crippen LogP contribution in [0.5, 0.6) is 0 Å². The molecule has 0 bridgehead atoms. The SMILES string of the molecule is COC(=O)c1c2c(cc[n+]1O)C(=O)N(C(=O)OC(C)(C)C)C2. The van der Waals surface area contributed by atoms with Crippen LogP contribution in [0, 0.1) is 0 Å². The number of carbonyl (C=O) groups excluding carboxylic acids is 3. The Hall–Kier alpha value is -2.64. The van der Waals surface area contributed by atoms with E-state index in [2.05, 4.69) is 4.74 Å². The third kappa shape index (κ3) is 2.72. The number of pyridine rings is 1. The second kappa shape index (κ2) is 5.28. The van der Waals surface area contributed by atoms with Crippen molar-refractivity contribution in [3.63, 3.8) is 0 Å². The number of carbonyl (C=O) groups is 3. The number of hydrogen-bond acceptors (Lipinski definition) is 6. The smallest absolute Gasteiger partial charge is 0.417 e. The van der Waals surface area contributed by atoms with E-state index in [1.807, 2.05) is 0 Å². The number of hydrogen-bond donors (Lipinski definition) is 1. The molecule has 2 rings (SSSR count). The molecular weight excluding hydrogens is 292 g/mol. The standard InChI is InChI=1S/C14H17N2O6/c1-14(2,3)22-13(19)15-7-9-8(11(15)17)5-6-16(20)10(9)12(18)21-4/h5-6,20H,7H2,1-4H3/q+1. The molecule has 1 aromatic rings. The second-order valence-corrected chi connectivity index (χ2v) is 5.76. The van der Waals surface area contributed by atoms with Gasteiger partial charge in [-0.25, -0.2) is 14.5 Å². The Morgan fingerprint density at radius 1 is 1.36 bits per heavy atom. The molecule has 22 heavy (non-hydrogen) atoms. The van der Waals surface area contributed by atoms with E-state index in [-0.39, 0.29) is 23.4 Å². The first kappa shape index (κ1) is 15.7. The molecule has 1 aromatic heterocycles. The molecular formula is C14H17N2O6+. The van der Waals surface area contributed by atoms with Gasteiger partial charge < -0.3 is 9.47 Å². The fourth-order valence-electron chi connectivity index (χ4n) is 2.10. The number of imide groups is 1. The van der Waals surface area contributed by atoms with Crippen LogP contribution in [-0.4, -0.2) is 40.8 Å². The molecule has 0 saturated carbocycles. The maximum absolute atomic E-state index is 12.3. The number of ether oxygens (including phenoxy) is 2. The van der Waals surface area contributed by atoms with Gasteiger partial charge in [-0.2, -0.15) is 0 Å². The predicted molar refractivity (Wildman–Crippen MR) is 71.3 cm³/mol. The van der Waals surface area contributed by atoms with Crippen LogP contribution in [0.15, 0.2) is 12.3 Å². The second-order valence-electron chi connectivity index (χ2n) is 5.76. The van der Waals surface area contributed by atoms with E-state index in [0.29, 0.717) is 4.73 Å². The number of nitrogens with zero attached hydrogens (tertiary/aromatic N) is 2. The Morgan fingerprint density at radius 3 is 2.55 bits per heavy atom. The van der Waals surface area contributed by atoms with Crippen molar-refractivity contribution in [1.82, 2.24) is 4.90 Å². The quantitative estimate of drug-likeness (QED) is 0.470. The Balaban J connectivity index is 2.39. The molecule has 0 aliphatic carbocycles. The topological polar surface area (TPSA) is 97.0 Å². The van der Waals surface area contributed by atoms with Crippen molar-refractivity contribution in [3.05, 3.63) is 29.1 Å². The van der Waals surface area contributed by atoms with Crippen molar-refractivity contribution in [3.8, 4) is 0 Å². The van der Waals surface area contributed by atoms with Crippen LogP contribution in [0.1, 0.15) is 47.2 Å². The van der Waals surface area contributed by atoms with Crippen LogP contribution in [-0.2, 0) is 16.0 Å². The molecule has 0 aromatic carbocycles. The highest BCUT2D eigenvalue weighted by molar-refractivity contribution is 6.08. The van der Waals surface area contributed by atoms with Crippen LogP contribution in [0.2, 0.25) is 0 Å². The molecule has 8 nitrogen and oxygen atoms in total. The van der Waals surface area contributed by atoms with Gasteiger partial charge in [-0.05, 0) is 20.8 Å². The zero-order chi connectivity index (χ0) is 16.7. The first-order chi connectivity index (χ1) is 10.2. The largest absolute Gasteiger partial charge is 0.461 e. The van der Waals surface area contributed by atoms with Gasteiger partial charge in [-0.1, -0.05) is 0 Å². The summed E-state index contributed by atoms with van der Waals surface area (Å²) in [5, 5.41) is 9.74. The van der Waals surface area contributed by atoms with E-state index in [1.165, 1.54) is 6.07 Å². The van der Waals surface area contributed by atoms with Gasteiger partial charge in [0.15, 0.2) is 0 Å². The first-order valence-electron chi connectivity index (χ1n) is 6.55. The molecule has 0 spiro atoms. The van der Waals surface area contributed by atoms with E-state index in [4.69, 9.17) is 4.74 Å². The van der Waals surface area contributed by atoms with Gasteiger partial charge in [0.05, 0.1) is 24.8 Å². The van der Waals surface area contributed by atoms with Gasteiger partial charge in [0.25, 0.3) is 5.91 Å². The fourth-order valence-corrected chi connectivity index (χ4v) is 2.10. The highest BCUT2D eigenvalue weighted by atomic mass is 16.6. The summed E-state index contributed by atoms with van der Waals surface area (Å²) in [7, 11) is 1.16. The summed E-state index contributed by atoms with van der Waals surface area (Å²) in [5.74, 6) is -1.40. The summed E-state index contributed by atoms with van der Waals surface area (Å²) in [6.45, 7) is 4.87. The Kier molecular flexibility index (Phi) is 3.78. The van der Waals surface area contributed by atoms with E-state index in [1.54, 1.807) is 20.8 Å². The van der Waals surface area contributed by atoms with Crippen molar-refractivity contribution in [2.75, 3.05) is 7.11 Å². The Labute approximate surface area is 126 Å². The highest BCUT2D eigenvalue weighted by Gasteiger charge is 2.42. The summed E-state index contributed by atoms with van der Waals surface area (Å²) in [5.41, 5.74) is -0.586. The minimum absolute atomic E-state index is 0.150. The molecule has 0 atom stereocenters. The lowest BCUT2D eigenvalue weighted by Gasteiger charge is -2.23. The fraction of sp³-hybridized carbons (Fsp3) is 0.429. The molecule has 2 heterocycles. The summed E-state index contributed by atoms with van der Waals surface area (Å²) in [6, 6.07) is 1.33. The number of esters is 1. The molecule has 1 N–H and O–H groups in total. The van der Waals surface area contributed by atoms with Gasteiger partial charge in [-0.15, -0.1) is 0 Å². The molecule has 0 fully saturated rings. The molecule has 0 radical (unpaired) electrons. The number of rotatable bonds is 1. The summed E-state index contributed by atoms with van der Waals surface area (Å²) >= 11 is 0. The Bertz CT molecular complexity index is 662. The molecule has 0 unspecified atom stereocenters. The third-order valence-electron chi connectivity index (χ3n) is 3.01. The number of aromatic nitrogens is 1. The van der Waals surface area contributed by atoms with Crippen LogP contribution < -0.4 is 4.73 Å². The van der Waals surface area contributed by atoms with E-state index >= 15 is 0 Å². The van der Waals surface area contributed by atoms with Crippen LogP contribution in [0.4, 0.5) is 4.79 Å². The van der Waals surface area contributed by atoms with Crippen molar-refractivity contribution in [2.24, 2.45) is 0 Å². The normalized spacial score (nSPS) is 13.8. The molecule has 0 saturated heterocycles. The maximum atomic E-state index is 12.3. The average Bonchev–Trinajstić information content (AvgIpc) is 2.73. The van der Waals surface area contributed by atoms with Gasteiger partial charge >= 0.3 is 17.8 Å². The van der Waals surface area contributed by atoms with Crippen LogP contribution >= 0.6 is 0 Å². The minimum atomic E-state index is -0.811. The van der Waals surface area contributed by atoms with Crippen LogP contribution in [0.3, 0.4) is 0 Å². The first-order valence-corrected chi connectivity index (χ1v) is 6.55. The molecule has 1 aliphatic heterocycles. The zero-order valence-electron chi connectivity index (χ0n) is 12.7. The van der Waals surface area contributed by atoms with E-state index < -0.39 is 23.6 Å². The van der Waals surface area contributed by atoms with Crippen molar-refractivity contribution in [2.45, 2.75) is 32.9 Å². The molecule has 118 valence electrons. The van der Waals surface area contributed by atoms with Gasteiger partial charge in [0.2, 0.25) is 6.20 Å². The highest BCUT2D eigenvalue weighted by Crippen LogP contribution is 2.26. The van der Waals surface area contributed by atoms with Crippen molar-refractivity contribution in [1.29, 1.82) is 0 Å². The lowest BCUT2D eigenvalue weighted by Crippen LogP contribution is -2.39. The number of amides is 2. The number of fused-ring (bicyclic) bond motifs is 1. The molecule has 1 aliphatic rings. The third-order valence-corrected chi connectivity index (χ3v) is 3.01. The van der Waals surface area contributed by atoms with Gasteiger partial charge in [-0.3, -0.25) is 10.0 Å². The average molecular weight is 309 g/mol. The lowest BCUT2D eigenvalue weighted by atomic mass is 10.1. The van der Waals surface area contributed by atoms with Crippen LogP contribution in [0.25, 0.3) is 0 Å². The van der Waals surface area contributed by atoms with Crippen molar-refractivity contribution >= 4 is 18.0 Å². The summed E-state index contributed by atoms with van der Waals surface area (Å²) in [4.78, 5) is 37.0. The summed E-state index contributed by atoms with van der Waals surface area (Å²) < 4.78 is 10.3. The van der Waals surface area contributed by atoms with Gasteiger partial charge in [0.1, 0.15) is 5.60 Å². The number of methoxy groups -OCH3 is 1. The molecule has 8 heteroatoms. The van der Waals surface area contributed by atoms with Gasteiger partial charge in [0, 0.05) is 10.8 Å². The van der Waals surface area contributed by atoms with E-state index in [0.717, 1.165) is 18.2 Å². The minimum Gasteiger partial charge on any atom is -0.461 e. The monoisotopic (exact) mass is 309 g/mol. The lowest BCUT2D eigenvalue weighted by molar-refractivity contribution is -0.906. The predicted octanol–water partition coefficient (Wildman–Crippen LogP) is 0.889. The van der Waals surface area contributed by atoms with E-state index in [9.17, 15) is 19.6 Å². The maximum Gasteiger partial charge on any atom is 0.417 e. The molecule has 2 amide bonds. The zero-order valence-corrected chi connectivity index (χ0v) is 12.7. The van der Waals surface area contributed by atoms with Crippen molar-refractivity contribution < 1.29 is 33.8 Å². The summed E-state index contributed by atoms with van der Waals surface area (Å²) in [6.07, 6.45) is 0.329.